The second-order valence-corrected chi connectivity index (χ2v) is 6.73. The highest BCUT2D eigenvalue weighted by molar-refractivity contribution is 9.09. The lowest BCUT2D eigenvalue weighted by molar-refractivity contribution is 0.306. The van der Waals surface area contributed by atoms with Gasteiger partial charge in [0.2, 0.25) is 0 Å². The van der Waals surface area contributed by atoms with E-state index in [0.29, 0.717) is 18.1 Å². The number of sulfone groups is 1. The van der Waals surface area contributed by atoms with Crippen LogP contribution in [0.3, 0.4) is 0 Å². The van der Waals surface area contributed by atoms with E-state index in [0.717, 1.165) is 31.3 Å². The number of halogens is 1. The molecule has 15 heavy (non-hydrogen) atoms. The van der Waals surface area contributed by atoms with Crippen LogP contribution in [0.2, 0.25) is 0 Å². The van der Waals surface area contributed by atoms with Crippen molar-refractivity contribution in [3.63, 3.8) is 0 Å². The second kappa shape index (κ2) is 8.53. The SMILES string of the molecule is CCCS(=O)(=O)CCN(CC)CCCBr. The van der Waals surface area contributed by atoms with Crippen molar-refractivity contribution in [1.82, 2.24) is 4.90 Å². The fourth-order valence-corrected chi connectivity index (χ4v) is 3.01. The zero-order valence-electron chi connectivity index (χ0n) is 9.71. The normalized spacial score (nSPS) is 12.3. The third-order valence-corrected chi connectivity index (χ3v) is 4.68. The summed E-state index contributed by atoms with van der Waals surface area (Å²) in [5, 5.41) is 0.977. The molecular weight excluding hydrogens is 278 g/mol. The zero-order chi connectivity index (χ0) is 11.7. The molecule has 0 rings (SSSR count). The van der Waals surface area contributed by atoms with Crippen molar-refractivity contribution in [3.05, 3.63) is 0 Å². The van der Waals surface area contributed by atoms with Gasteiger partial charge in [-0.15, -0.1) is 0 Å². The summed E-state index contributed by atoms with van der Waals surface area (Å²) in [5.74, 6) is 0.625. The zero-order valence-corrected chi connectivity index (χ0v) is 12.1. The molecule has 0 saturated heterocycles. The maximum Gasteiger partial charge on any atom is 0.151 e. The van der Waals surface area contributed by atoms with Crippen molar-refractivity contribution >= 4 is 25.8 Å². The summed E-state index contributed by atoms with van der Waals surface area (Å²) in [6.45, 7) is 6.55. The third-order valence-electron chi connectivity index (χ3n) is 2.29. The maximum absolute atomic E-state index is 11.5. The Bertz CT molecular complexity index is 242. The van der Waals surface area contributed by atoms with Gasteiger partial charge < -0.3 is 4.90 Å². The van der Waals surface area contributed by atoms with Crippen molar-refractivity contribution in [2.24, 2.45) is 0 Å². The lowest BCUT2D eigenvalue weighted by Crippen LogP contribution is -2.31. The van der Waals surface area contributed by atoms with Gasteiger partial charge in [0.05, 0.1) is 5.75 Å². The van der Waals surface area contributed by atoms with Crippen LogP contribution in [0.5, 0.6) is 0 Å². The van der Waals surface area contributed by atoms with E-state index in [4.69, 9.17) is 0 Å². The highest BCUT2D eigenvalue weighted by Crippen LogP contribution is 1.98. The van der Waals surface area contributed by atoms with Crippen molar-refractivity contribution < 1.29 is 8.42 Å². The Balaban J connectivity index is 3.89. The van der Waals surface area contributed by atoms with Crippen molar-refractivity contribution in [2.45, 2.75) is 26.7 Å². The molecule has 0 aromatic rings. The smallest absolute Gasteiger partial charge is 0.151 e. The van der Waals surface area contributed by atoms with Gasteiger partial charge in [0.1, 0.15) is 0 Å². The van der Waals surface area contributed by atoms with Gasteiger partial charge in [-0.05, 0) is 25.9 Å². The average Bonchev–Trinajstić information content (AvgIpc) is 2.18. The van der Waals surface area contributed by atoms with Crippen LogP contribution in [0.15, 0.2) is 0 Å². The second-order valence-electron chi connectivity index (χ2n) is 3.63. The van der Waals surface area contributed by atoms with Crippen LogP contribution in [0.4, 0.5) is 0 Å². The quantitative estimate of drug-likeness (QED) is 0.611. The fourth-order valence-electron chi connectivity index (χ4n) is 1.39. The lowest BCUT2D eigenvalue weighted by Gasteiger charge is -2.19. The van der Waals surface area contributed by atoms with Crippen LogP contribution in [0.25, 0.3) is 0 Å². The first kappa shape index (κ1) is 15.4. The average molecular weight is 300 g/mol. The largest absolute Gasteiger partial charge is 0.303 e. The van der Waals surface area contributed by atoms with E-state index in [1.165, 1.54) is 0 Å². The Morgan fingerprint density at radius 3 is 2.27 bits per heavy atom. The molecule has 0 heterocycles. The first-order chi connectivity index (χ1) is 7.05. The van der Waals surface area contributed by atoms with E-state index in [2.05, 4.69) is 27.8 Å². The Morgan fingerprint density at radius 1 is 1.13 bits per heavy atom. The third kappa shape index (κ3) is 8.22. The molecule has 0 aliphatic heterocycles. The predicted octanol–water partition coefficient (Wildman–Crippen LogP) is 1.92. The van der Waals surface area contributed by atoms with Crippen LogP contribution >= 0.6 is 15.9 Å². The first-order valence-electron chi connectivity index (χ1n) is 5.54. The summed E-state index contributed by atoms with van der Waals surface area (Å²) in [5.41, 5.74) is 0. The molecule has 0 atom stereocenters. The van der Waals surface area contributed by atoms with Gasteiger partial charge >= 0.3 is 0 Å². The molecule has 0 aromatic heterocycles. The van der Waals surface area contributed by atoms with Gasteiger partial charge in [0.25, 0.3) is 0 Å². The number of hydrogen-bond acceptors (Lipinski definition) is 3. The van der Waals surface area contributed by atoms with E-state index < -0.39 is 9.84 Å². The van der Waals surface area contributed by atoms with Crippen LogP contribution in [0, 0.1) is 0 Å². The van der Waals surface area contributed by atoms with Crippen molar-refractivity contribution in [1.29, 1.82) is 0 Å². The molecule has 0 spiro atoms. The van der Waals surface area contributed by atoms with Crippen molar-refractivity contribution in [2.75, 3.05) is 36.5 Å². The molecule has 0 saturated carbocycles. The summed E-state index contributed by atoms with van der Waals surface area (Å²) < 4.78 is 23.0. The van der Waals surface area contributed by atoms with E-state index >= 15 is 0 Å². The van der Waals surface area contributed by atoms with E-state index in [1.807, 2.05) is 6.92 Å². The molecule has 0 bridgehead atoms. The predicted molar refractivity (Wildman–Crippen MR) is 69.5 cm³/mol. The van der Waals surface area contributed by atoms with E-state index in [9.17, 15) is 8.42 Å². The lowest BCUT2D eigenvalue weighted by atomic mass is 10.4. The van der Waals surface area contributed by atoms with Crippen molar-refractivity contribution in [3.8, 4) is 0 Å². The Morgan fingerprint density at radius 2 is 1.80 bits per heavy atom. The minimum Gasteiger partial charge on any atom is -0.303 e. The summed E-state index contributed by atoms with van der Waals surface area (Å²) in [6, 6.07) is 0. The van der Waals surface area contributed by atoms with Gasteiger partial charge in [-0.3, -0.25) is 0 Å². The van der Waals surface area contributed by atoms with Crippen LogP contribution < -0.4 is 0 Å². The van der Waals surface area contributed by atoms with E-state index in [1.54, 1.807) is 0 Å². The van der Waals surface area contributed by atoms with Gasteiger partial charge in [0, 0.05) is 17.6 Å². The minimum atomic E-state index is -2.82. The molecule has 0 aliphatic rings. The summed E-state index contributed by atoms with van der Waals surface area (Å²) >= 11 is 3.38. The minimum absolute atomic E-state index is 0.303. The molecule has 0 amide bonds. The molecule has 5 heteroatoms. The number of hydrogen-bond donors (Lipinski definition) is 0. The monoisotopic (exact) mass is 299 g/mol. The van der Waals surface area contributed by atoms with Crippen LogP contribution in [0.1, 0.15) is 26.7 Å². The molecule has 3 nitrogen and oxygen atoms in total. The van der Waals surface area contributed by atoms with Gasteiger partial charge in [-0.25, -0.2) is 8.42 Å². The molecule has 0 aliphatic carbocycles. The number of alkyl halides is 1. The summed E-state index contributed by atoms with van der Waals surface area (Å²) in [4.78, 5) is 2.19. The highest BCUT2D eigenvalue weighted by atomic mass is 79.9. The van der Waals surface area contributed by atoms with Gasteiger partial charge in [-0.2, -0.15) is 0 Å². The molecule has 0 unspecified atom stereocenters. The standard InChI is InChI=1S/C10H22BrNO2S/c1-3-9-15(13,14)10-8-12(4-2)7-5-6-11/h3-10H2,1-2H3. The first-order valence-corrected chi connectivity index (χ1v) is 8.48. The molecule has 0 aromatic carbocycles. The van der Waals surface area contributed by atoms with Gasteiger partial charge in [0.15, 0.2) is 9.84 Å². The molecule has 92 valence electrons. The molecule has 0 radical (unpaired) electrons. The fraction of sp³-hybridized carbons (Fsp3) is 1.00. The molecular formula is C10H22BrNO2S. The number of nitrogens with zero attached hydrogens (tertiary/aromatic N) is 1. The maximum atomic E-state index is 11.5. The van der Waals surface area contributed by atoms with E-state index in [-0.39, 0.29) is 0 Å². The van der Waals surface area contributed by atoms with Crippen LogP contribution in [-0.4, -0.2) is 49.8 Å². The summed E-state index contributed by atoms with van der Waals surface area (Å²) in [6.07, 6.45) is 1.79. The Labute approximate surface area is 102 Å². The Hall–Kier alpha value is 0.390. The van der Waals surface area contributed by atoms with Gasteiger partial charge in [-0.1, -0.05) is 29.8 Å². The summed E-state index contributed by atoms with van der Waals surface area (Å²) in [7, 11) is -2.82. The molecule has 0 fully saturated rings. The Kier molecular flexibility index (Phi) is 8.75. The topological polar surface area (TPSA) is 37.4 Å². The van der Waals surface area contributed by atoms with Crippen LogP contribution in [-0.2, 0) is 9.84 Å². The molecule has 0 N–H and O–H groups in total. The number of rotatable bonds is 9. The highest BCUT2D eigenvalue weighted by Gasteiger charge is 2.11.